The lowest BCUT2D eigenvalue weighted by molar-refractivity contribution is -0.133. The van der Waals surface area contributed by atoms with Crippen LogP contribution in [-0.2, 0) is 4.79 Å². The van der Waals surface area contributed by atoms with Crippen LogP contribution in [0.1, 0.15) is 37.9 Å². The molecule has 0 spiro atoms. The van der Waals surface area contributed by atoms with Crippen LogP contribution in [0, 0.1) is 0 Å². The van der Waals surface area contributed by atoms with Gasteiger partial charge in [0.05, 0.1) is 34.2 Å². The number of likely N-dealkylation sites (tertiary alicyclic amines) is 1. The molecule has 1 atom stereocenters. The monoisotopic (exact) mass is 514 g/mol. The minimum atomic E-state index is -0.460. The second-order valence-electron chi connectivity index (χ2n) is 9.80. The van der Waals surface area contributed by atoms with Crippen molar-refractivity contribution in [2.75, 3.05) is 19.7 Å². The molecule has 1 unspecified atom stereocenters. The Hall–Kier alpha value is -3.75. The summed E-state index contributed by atoms with van der Waals surface area (Å²) in [6, 6.07) is 12.0. The Balaban J connectivity index is 1.42. The first-order chi connectivity index (χ1) is 17.9. The topological polar surface area (TPSA) is 88.5 Å². The Labute approximate surface area is 219 Å². The number of benzene rings is 1. The van der Waals surface area contributed by atoms with Crippen LogP contribution in [0.2, 0.25) is 5.02 Å². The maximum atomic E-state index is 11.8. The molecule has 1 aromatic carbocycles. The first kappa shape index (κ1) is 23.6. The van der Waals surface area contributed by atoms with E-state index in [0.29, 0.717) is 18.1 Å². The lowest BCUT2D eigenvalue weighted by atomic mass is 10.0. The molecule has 1 saturated heterocycles. The average Bonchev–Trinajstić information content (AvgIpc) is 3.66. The van der Waals surface area contributed by atoms with Gasteiger partial charge >= 0.3 is 0 Å². The van der Waals surface area contributed by atoms with Gasteiger partial charge in [-0.05, 0) is 30.5 Å². The van der Waals surface area contributed by atoms with Gasteiger partial charge in [-0.15, -0.1) is 0 Å². The second kappa shape index (κ2) is 9.28. The second-order valence-corrected chi connectivity index (χ2v) is 10.2. The average molecular weight is 515 g/mol. The molecule has 9 heteroatoms. The van der Waals surface area contributed by atoms with Gasteiger partial charge < -0.3 is 14.4 Å². The van der Waals surface area contributed by atoms with Crippen molar-refractivity contribution >= 4 is 34.1 Å². The van der Waals surface area contributed by atoms with Crippen LogP contribution < -0.4 is 0 Å². The maximum Gasteiger partial charge on any atom is 0.248 e. The third-order valence-electron chi connectivity index (χ3n) is 7.13. The molecule has 0 bridgehead atoms. The van der Waals surface area contributed by atoms with Gasteiger partial charge in [-0.1, -0.05) is 43.6 Å². The van der Waals surface area contributed by atoms with Gasteiger partial charge in [0.2, 0.25) is 5.91 Å². The lowest BCUT2D eigenvalue weighted by Crippen LogP contribution is -2.31. The Morgan fingerprint density at radius 2 is 2.03 bits per heavy atom. The maximum absolute atomic E-state index is 11.8. The number of carbonyl (C=O) groups excluding carboxylic acids is 1. The van der Waals surface area contributed by atoms with Crippen LogP contribution in [0.15, 0.2) is 61.2 Å². The largest absolute Gasteiger partial charge is 0.387 e. The van der Waals surface area contributed by atoms with Crippen LogP contribution >= 0.6 is 11.6 Å². The number of hydrogen-bond donors (Lipinski definition) is 1. The van der Waals surface area contributed by atoms with Crippen molar-refractivity contribution < 1.29 is 9.90 Å². The van der Waals surface area contributed by atoms with Crippen LogP contribution in [0.3, 0.4) is 0 Å². The van der Waals surface area contributed by atoms with Gasteiger partial charge in [-0.3, -0.25) is 14.5 Å². The number of aliphatic hydroxyl groups is 1. The summed E-state index contributed by atoms with van der Waals surface area (Å²) in [5, 5.41) is 15.4. The van der Waals surface area contributed by atoms with Crippen LogP contribution in [0.25, 0.3) is 38.9 Å². The number of hydrogen-bond acceptors (Lipinski definition) is 5. The van der Waals surface area contributed by atoms with Crippen LogP contribution in [0.4, 0.5) is 0 Å². The summed E-state index contributed by atoms with van der Waals surface area (Å²) in [7, 11) is 0. The van der Waals surface area contributed by atoms with E-state index in [4.69, 9.17) is 26.7 Å². The van der Waals surface area contributed by atoms with E-state index < -0.39 is 6.61 Å². The molecule has 8 nitrogen and oxygen atoms in total. The third kappa shape index (κ3) is 4.06. The van der Waals surface area contributed by atoms with Gasteiger partial charge in [0, 0.05) is 53.8 Å². The van der Waals surface area contributed by atoms with Crippen molar-refractivity contribution in [2.24, 2.45) is 0 Å². The number of rotatable bonds is 5. The van der Waals surface area contributed by atoms with Gasteiger partial charge in [0.15, 0.2) is 0 Å². The van der Waals surface area contributed by atoms with E-state index in [1.54, 1.807) is 4.90 Å². The van der Waals surface area contributed by atoms with Gasteiger partial charge in [-0.25, -0.2) is 4.98 Å². The summed E-state index contributed by atoms with van der Waals surface area (Å²) in [6.07, 6.45) is 8.53. The van der Waals surface area contributed by atoms with Crippen molar-refractivity contribution in [2.45, 2.75) is 32.2 Å². The molecule has 6 rings (SSSR count). The number of nitrogens with zero attached hydrogens (tertiary/aromatic N) is 6. The minimum Gasteiger partial charge on any atom is -0.387 e. The Kier molecular flexibility index (Phi) is 5.93. The van der Waals surface area contributed by atoms with E-state index in [9.17, 15) is 4.79 Å². The summed E-state index contributed by atoms with van der Waals surface area (Å²) in [5.74, 6) is -0.00830. The molecule has 5 aromatic rings. The molecular formula is C28H27ClN6O2. The summed E-state index contributed by atoms with van der Waals surface area (Å²) < 4.78 is 4.05. The molecule has 1 N–H and O–H groups in total. The Morgan fingerprint density at radius 1 is 1.19 bits per heavy atom. The first-order valence-electron chi connectivity index (χ1n) is 12.4. The minimum absolute atomic E-state index is 0.0865. The van der Waals surface area contributed by atoms with Crippen molar-refractivity contribution in [3.05, 3.63) is 71.9 Å². The molecule has 1 aliphatic heterocycles. The molecule has 0 aliphatic carbocycles. The van der Waals surface area contributed by atoms with Crippen molar-refractivity contribution in [1.82, 2.24) is 29.0 Å². The summed E-state index contributed by atoms with van der Waals surface area (Å²) >= 11 is 6.57. The highest BCUT2D eigenvalue weighted by Gasteiger charge is 2.27. The van der Waals surface area contributed by atoms with Crippen molar-refractivity contribution in [3.8, 4) is 22.4 Å². The number of imidazole rings is 1. The molecule has 1 aliphatic rings. The summed E-state index contributed by atoms with van der Waals surface area (Å²) in [5.41, 5.74) is 6.50. The van der Waals surface area contributed by atoms with E-state index in [0.717, 1.165) is 51.0 Å². The number of pyridine rings is 2. The normalized spacial score (nSPS) is 15.9. The summed E-state index contributed by atoms with van der Waals surface area (Å²) in [4.78, 5) is 23.4. The molecule has 188 valence electrons. The molecule has 0 saturated carbocycles. The SMILES string of the molecule is CC(C)c1c(-c2ccccc2Cl)nc2c3cc(-c4cnn(C5CCN(C(=O)CO)C5)c4)cnc3ccn12. The Morgan fingerprint density at radius 3 is 2.81 bits per heavy atom. The Bertz CT molecular complexity index is 1640. The quantitative estimate of drug-likeness (QED) is 0.358. The molecule has 1 fully saturated rings. The standard InChI is InChI=1S/C28H27ClN6O2/c1-17(2)27-26(21-5-3-4-6-23(21)29)32-28-22-11-18(12-30-24(22)8-10-34(27)28)19-13-31-35(14-19)20-7-9-33(15-20)25(37)16-36/h3-6,8,10-14,17,20,36H,7,9,15-16H2,1-2H3. The molecule has 1 amide bonds. The van der Waals surface area contributed by atoms with Crippen LogP contribution in [-0.4, -0.2) is 59.8 Å². The van der Waals surface area contributed by atoms with Crippen molar-refractivity contribution in [3.63, 3.8) is 0 Å². The fourth-order valence-corrected chi connectivity index (χ4v) is 5.48. The molecular weight excluding hydrogens is 488 g/mol. The zero-order chi connectivity index (χ0) is 25.7. The zero-order valence-corrected chi connectivity index (χ0v) is 21.4. The van der Waals surface area contributed by atoms with Gasteiger partial charge in [0.25, 0.3) is 0 Å². The number of fused-ring (bicyclic) bond motifs is 3. The van der Waals surface area contributed by atoms with Gasteiger partial charge in [0.1, 0.15) is 12.3 Å². The van der Waals surface area contributed by atoms with Crippen LogP contribution in [0.5, 0.6) is 0 Å². The molecule has 4 aromatic heterocycles. The highest BCUT2D eigenvalue weighted by atomic mass is 35.5. The van der Waals surface area contributed by atoms with E-state index in [1.165, 1.54) is 0 Å². The van der Waals surface area contributed by atoms with E-state index >= 15 is 0 Å². The first-order valence-corrected chi connectivity index (χ1v) is 12.8. The summed E-state index contributed by atoms with van der Waals surface area (Å²) in [6.45, 7) is 5.04. The molecule has 0 radical (unpaired) electrons. The highest BCUT2D eigenvalue weighted by molar-refractivity contribution is 6.33. The highest BCUT2D eigenvalue weighted by Crippen LogP contribution is 2.36. The number of halogens is 1. The number of aromatic nitrogens is 5. The molecule has 37 heavy (non-hydrogen) atoms. The van der Waals surface area contributed by atoms with Crippen molar-refractivity contribution in [1.29, 1.82) is 0 Å². The lowest BCUT2D eigenvalue weighted by Gasteiger charge is -2.15. The number of carbonyl (C=O) groups is 1. The third-order valence-corrected chi connectivity index (χ3v) is 7.45. The van der Waals surface area contributed by atoms with Gasteiger partial charge in [-0.2, -0.15) is 5.10 Å². The number of amides is 1. The predicted molar refractivity (Wildman–Crippen MR) is 144 cm³/mol. The smallest absolute Gasteiger partial charge is 0.248 e. The van der Waals surface area contributed by atoms with E-state index in [1.807, 2.05) is 59.8 Å². The van der Waals surface area contributed by atoms with E-state index in [2.05, 4.69) is 29.4 Å². The van der Waals surface area contributed by atoms with E-state index in [-0.39, 0.29) is 17.9 Å². The molecule has 5 heterocycles. The predicted octanol–water partition coefficient (Wildman–Crippen LogP) is 4.96. The number of aliphatic hydroxyl groups excluding tert-OH is 1. The fourth-order valence-electron chi connectivity index (χ4n) is 5.25. The zero-order valence-electron chi connectivity index (χ0n) is 20.7. The fraction of sp³-hybridized carbons (Fsp3) is 0.286.